The zero-order chi connectivity index (χ0) is 25.4. The van der Waals surface area contributed by atoms with Crippen LogP contribution in [0.25, 0.3) is 33.0 Å². The van der Waals surface area contributed by atoms with Gasteiger partial charge in [0.25, 0.3) is 0 Å². The number of hydrogen-bond acceptors (Lipinski definition) is 5. The lowest BCUT2D eigenvalue weighted by atomic mass is 9.93. The highest BCUT2D eigenvalue weighted by Gasteiger charge is 2.51. The lowest BCUT2D eigenvalue weighted by Crippen LogP contribution is -2.19. The number of carboxylic acid groups (broad SMARTS) is 1. The summed E-state index contributed by atoms with van der Waals surface area (Å²) in [6.45, 7) is 1.99. The van der Waals surface area contributed by atoms with E-state index in [4.69, 9.17) is 4.52 Å². The molecule has 0 saturated heterocycles. The minimum atomic E-state index is -0.727. The Morgan fingerprint density at radius 1 is 0.892 bits per heavy atom. The van der Waals surface area contributed by atoms with Crippen molar-refractivity contribution in [2.75, 3.05) is 0 Å². The second-order valence-corrected chi connectivity index (χ2v) is 10.7. The standard InChI is InChI=1S/C31H26N2O3S/c1-20-27(16-15-26-19-32-29(37-26)24-5-3-2-4-6-24)28(36-33-20)23-9-7-21(8-10-23)22-11-13-25(14-12-22)31(17-18-31)30(34)35/h2-14,19H,15-18H2,1H3,(H,34,35). The summed E-state index contributed by atoms with van der Waals surface area (Å²) in [6.07, 6.45) is 5.10. The number of carbonyl (C=O) groups is 1. The van der Waals surface area contributed by atoms with Gasteiger partial charge in [0.2, 0.25) is 0 Å². The fourth-order valence-corrected chi connectivity index (χ4v) is 5.76. The molecule has 0 radical (unpaired) electrons. The predicted octanol–water partition coefficient (Wildman–Crippen LogP) is 7.34. The molecule has 2 heterocycles. The van der Waals surface area contributed by atoms with Gasteiger partial charge in [0, 0.05) is 27.8 Å². The summed E-state index contributed by atoms with van der Waals surface area (Å²) < 4.78 is 5.75. The Morgan fingerprint density at radius 3 is 2.19 bits per heavy atom. The van der Waals surface area contributed by atoms with Gasteiger partial charge in [-0.2, -0.15) is 0 Å². The van der Waals surface area contributed by atoms with E-state index in [1.807, 2.05) is 55.6 Å². The number of aromatic nitrogens is 2. The van der Waals surface area contributed by atoms with Crippen molar-refractivity contribution in [3.05, 3.63) is 107 Å². The summed E-state index contributed by atoms with van der Waals surface area (Å²) in [5.41, 5.74) is 6.52. The van der Waals surface area contributed by atoms with E-state index < -0.39 is 11.4 Å². The molecule has 6 rings (SSSR count). The van der Waals surface area contributed by atoms with Gasteiger partial charge in [-0.3, -0.25) is 4.79 Å². The van der Waals surface area contributed by atoms with E-state index in [1.54, 1.807) is 11.3 Å². The van der Waals surface area contributed by atoms with Gasteiger partial charge >= 0.3 is 5.97 Å². The van der Waals surface area contributed by atoms with Crippen LogP contribution in [-0.4, -0.2) is 21.2 Å². The molecule has 2 aromatic heterocycles. The molecular weight excluding hydrogens is 480 g/mol. The van der Waals surface area contributed by atoms with Crippen molar-refractivity contribution >= 4 is 17.3 Å². The molecular formula is C31H26N2O3S. The van der Waals surface area contributed by atoms with Gasteiger partial charge in [0.15, 0.2) is 5.76 Å². The Balaban J connectivity index is 1.17. The molecule has 3 aromatic carbocycles. The van der Waals surface area contributed by atoms with Crippen LogP contribution in [0.15, 0.2) is 89.6 Å². The summed E-state index contributed by atoms with van der Waals surface area (Å²) in [5.74, 6) is 0.0825. The number of carboxylic acids is 1. The Kier molecular flexibility index (Phi) is 5.97. The predicted molar refractivity (Wildman–Crippen MR) is 146 cm³/mol. The molecule has 0 unspecified atom stereocenters. The minimum absolute atomic E-state index is 0.675. The Bertz CT molecular complexity index is 1550. The summed E-state index contributed by atoms with van der Waals surface area (Å²) in [7, 11) is 0. The maximum absolute atomic E-state index is 11.6. The largest absolute Gasteiger partial charge is 0.481 e. The van der Waals surface area contributed by atoms with Crippen LogP contribution in [0.4, 0.5) is 0 Å². The molecule has 1 saturated carbocycles. The van der Waals surface area contributed by atoms with Gasteiger partial charge in [0.1, 0.15) is 5.01 Å². The summed E-state index contributed by atoms with van der Waals surface area (Å²) in [5, 5.41) is 14.8. The van der Waals surface area contributed by atoms with Crippen LogP contribution in [0.2, 0.25) is 0 Å². The number of nitrogens with zero attached hydrogens (tertiary/aromatic N) is 2. The average Bonchev–Trinajstić information content (AvgIpc) is 3.49. The van der Waals surface area contributed by atoms with Gasteiger partial charge in [-0.25, -0.2) is 4.98 Å². The second kappa shape index (κ2) is 9.45. The molecule has 1 N–H and O–H groups in total. The number of aliphatic carboxylic acids is 1. The molecule has 0 spiro atoms. The first kappa shape index (κ1) is 23.4. The number of rotatable bonds is 8. The van der Waals surface area contributed by atoms with Gasteiger partial charge in [-0.05, 0) is 49.3 Å². The molecule has 6 heteroatoms. The second-order valence-electron chi connectivity index (χ2n) is 9.62. The van der Waals surface area contributed by atoms with E-state index in [9.17, 15) is 9.90 Å². The smallest absolute Gasteiger partial charge is 0.314 e. The van der Waals surface area contributed by atoms with E-state index in [0.29, 0.717) is 12.8 Å². The third kappa shape index (κ3) is 4.49. The van der Waals surface area contributed by atoms with E-state index >= 15 is 0 Å². The summed E-state index contributed by atoms with van der Waals surface area (Å²) in [4.78, 5) is 17.5. The fraction of sp³-hybridized carbons (Fsp3) is 0.194. The molecule has 1 aliphatic rings. The van der Waals surface area contributed by atoms with Gasteiger partial charge in [-0.1, -0.05) is 84.0 Å². The highest BCUT2D eigenvalue weighted by atomic mass is 32.1. The number of hydrogen-bond donors (Lipinski definition) is 1. The Morgan fingerprint density at radius 2 is 1.54 bits per heavy atom. The SMILES string of the molecule is Cc1noc(-c2ccc(-c3ccc(C4(C(=O)O)CC4)cc3)cc2)c1CCc1cnc(-c2ccccc2)s1. The minimum Gasteiger partial charge on any atom is -0.481 e. The molecule has 0 amide bonds. The molecule has 184 valence electrons. The lowest BCUT2D eigenvalue weighted by molar-refractivity contribution is -0.140. The van der Waals surface area contributed by atoms with Crippen molar-refractivity contribution in [1.82, 2.24) is 10.1 Å². The topological polar surface area (TPSA) is 76.2 Å². The van der Waals surface area contributed by atoms with Crippen LogP contribution in [0, 0.1) is 6.92 Å². The summed E-state index contributed by atoms with van der Waals surface area (Å²) >= 11 is 1.73. The maximum atomic E-state index is 11.6. The quantitative estimate of drug-likeness (QED) is 0.238. The molecule has 0 aliphatic heterocycles. The number of aryl methyl sites for hydroxylation is 2. The van der Waals surface area contributed by atoms with Crippen molar-refractivity contribution in [2.45, 2.75) is 38.0 Å². The maximum Gasteiger partial charge on any atom is 0.314 e. The van der Waals surface area contributed by atoms with Gasteiger partial charge in [-0.15, -0.1) is 11.3 Å². The zero-order valence-electron chi connectivity index (χ0n) is 20.5. The third-order valence-electron chi connectivity index (χ3n) is 7.26. The van der Waals surface area contributed by atoms with Crippen LogP contribution >= 0.6 is 11.3 Å². The van der Waals surface area contributed by atoms with Crippen LogP contribution in [0.5, 0.6) is 0 Å². The lowest BCUT2D eigenvalue weighted by Gasteiger charge is -2.11. The van der Waals surface area contributed by atoms with Crippen LogP contribution in [0.3, 0.4) is 0 Å². The van der Waals surface area contributed by atoms with Crippen molar-refractivity contribution in [2.24, 2.45) is 0 Å². The highest BCUT2D eigenvalue weighted by molar-refractivity contribution is 7.15. The van der Waals surface area contributed by atoms with E-state index in [-0.39, 0.29) is 0 Å². The van der Waals surface area contributed by atoms with E-state index in [1.165, 1.54) is 4.88 Å². The third-order valence-corrected chi connectivity index (χ3v) is 8.36. The van der Waals surface area contributed by atoms with Gasteiger partial charge < -0.3 is 9.63 Å². The molecule has 0 bridgehead atoms. The van der Waals surface area contributed by atoms with Crippen molar-refractivity contribution < 1.29 is 14.4 Å². The monoisotopic (exact) mass is 506 g/mol. The Hall–Kier alpha value is -4.03. The zero-order valence-corrected chi connectivity index (χ0v) is 21.3. The fourth-order valence-electron chi connectivity index (χ4n) is 4.84. The van der Waals surface area contributed by atoms with Crippen LogP contribution in [-0.2, 0) is 23.1 Å². The average molecular weight is 507 g/mol. The Labute approximate surface area is 219 Å². The van der Waals surface area contributed by atoms with Crippen LogP contribution in [0.1, 0.15) is 34.5 Å². The van der Waals surface area contributed by atoms with Crippen molar-refractivity contribution in [1.29, 1.82) is 0 Å². The number of thiazole rings is 1. The van der Waals surface area contributed by atoms with Gasteiger partial charge in [0.05, 0.1) is 11.1 Å². The normalized spacial score (nSPS) is 14.0. The first-order valence-corrected chi connectivity index (χ1v) is 13.3. The highest BCUT2D eigenvalue weighted by Crippen LogP contribution is 2.48. The van der Waals surface area contributed by atoms with Crippen LogP contribution < -0.4 is 0 Å². The summed E-state index contributed by atoms with van der Waals surface area (Å²) in [6, 6.07) is 26.4. The molecule has 5 aromatic rings. The van der Waals surface area contributed by atoms with E-state index in [0.717, 1.165) is 62.7 Å². The van der Waals surface area contributed by atoms with Crippen molar-refractivity contribution in [3.63, 3.8) is 0 Å². The number of benzene rings is 3. The molecule has 0 atom stereocenters. The molecule has 1 fully saturated rings. The first-order valence-electron chi connectivity index (χ1n) is 12.4. The first-order chi connectivity index (χ1) is 18.0. The molecule has 1 aliphatic carbocycles. The van der Waals surface area contributed by atoms with E-state index in [2.05, 4.69) is 46.5 Å². The molecule has 37 heavy (non-hydrogen) atoms. The molecule has 5 nitrogen and oxygen atoms in total. The van der Waals surface area contributed by atoms with Crippen molar-refractivity contribution in [3.8, 4) is 33.0 Å².